The monoisotopic (exact) mass is 527 g/mol. The maximum atomic E-state index is 12.9. The SMILES string of the molecule is CON=C(C(=O)N[C@@H]1C(=O)N(S(=O)(=O)O)[C@@H]1/C=C/c1ccccc1)c1csc(NC(=O)CCl)n1. The minimum Gasteiger partial charge on any atom is -0.398 e. The Morgan fingerprint density at radius 1 is 1.35 bits per heavy atom. The zero-order chi connectivity index (χ0) is 24.9. The number of oxime groups is 1. The number of nitrogens with zero attached hydrogens (tertiary/aromatic N) is 3. The number of hydrogen-bond acceptors (Lipinski definition) is 9. The van der Waals surface area contributed by atoms with Crippen molar-refractivity contribution < 1.29 is 32.2 Å². The molecule has 12 nitrogen and oxygen atoms in total. The van der Waals surface area contributed by atoms with E-state index in [9.17, 15) is 27.4 Å². The quantitative estimate of drug-likeness (QED) is 0.142. The van der Waals surface area contributed by atoms with Crippen LogP contribution in [0.15, 0.2) is 46.9 Å². The van der Waals surface area contributed by atoms with Crippen molar-refractivity contribution in [2.45, 2.75) is 12.1 Å². The number of benzene rings is 1. The van der Waals surface area contributed by atoms with Gasteiger partial charge in [0.1, 0.15) is 24.7 Å². The number of carbonyl (C=O) groups is 3. The molecule has 2 aromatic rings. The van der Waals surface area contributed by atoms with Gasteiger partial charge in [-0.05, 0) is 5.56 Å². The van der Waals surface area contributed by atoms with Crippen LogP contribution in [0.3, 0.4) is 0 Å². The van der Waals surface area contributed by atoms with Crippen LogP contribution in [0.1, 0.15) is 11.3 Å². The number of alkyl halides is 1. The minimum atomic E-state index is -4.87. The molecule has 2 heterocycles. The van der Waals surface area contributed by atoms with Crippen molar-refractivity contribution in [3.63, 3.8) is 0 Å². The number of rotatable bonds is 9. The fraction of sp³-hybridized carbons (Fsp3) is 0.211. The van der Waals surface area contributed by atoms with Crippen molar-refractivity contribution in [2.24, 2.45) is 5.16 Å². The van der Waals surface area contributed by atoms with Gasteiger partial charge in [-0.2, -0.15) is 8.42 Å². The summed E-state index contributed by atoms with van der Waals surface area (Å²) in [4.78, 5) is 45.5. The van der Waals surface area contributed by atoms with Gasteiger partial charge in [-0.1, -0.05) is 47.6 Å². The molecule has 1 fully saturated rings. The Kier molecular flexibility index (Phi) is 7.98. The summed E-state index contributed by atoms with van der Waals surface area (Å²) in [6, 6.07) is 6.30. The molecule has 0 radical (unpaired) electrons. The molecule has 3 rings (SSSR count). The van der Waals surface area contributed by atoms with Gasteiger partial charge < -0.3 is 15.5 Å². The van der Waals surface area contributed by atoms with Crippen LogP contribution < -0.4 is 10.6 Å². The molecule has 0 aliphatic carbocycles. The third kappa shape index (κ3) is 5.77. The van der Waals surface area contributed by atoms with Crippen molar-refractivity contribution >= 4 is 67.9 Å². The molecule has 0 saturated carbocycles. The average Bonchev–Trinajstić information content (AvgIpc) is 3.25. The Bertz CT molecular complexity index is 1250. The van der Waals surface area contributed by atoms with Gasteiger partial charge in [0.05, 0.1) is 6.04 Å². The highest BCUT2D eigenvalue weighted by Gasteiger charge is 2.53. The summed E-state index contributed by atoms with van der Waals surface area (Å²) >= 11 is 6.44. The van der Waals surface area contributed by atoms with Crippen molar-refractivity contribution in [3.05, 3.63) is 53.0 Å². The smallest absolute Gasteiger partial charge is 0.362 e. The molecule has 0 bridgehead atoms. The molecule has 0 spiro atoms. The molecule has 1 saturated heterocycles. The first-order chi connectivity index (χ1) is 16.2. The molecule has 3 amide bonds. The molecule has 2 atom stereocenters. The predicted octanol–water partition coefficient (Wildman–Crippen LogP) is 0.883. The topological polar surface area (TPSA) is 167 Å². The van der Waals surface area contributed by atoms with Crippen molar-refractivity contribution in [3.8, 4) is 0 Å². The fourth-order valence-corrected chi connectivity index (χ4v) is 4.58. The molecule has 1 aromatic carbocycles. The highest BCUT2D eigenvalue weighted by atomic mass is 35.5. The van der Waals surface area contributed by atoms with Gasteiger partial charge in [0.2, 0.25) is 5.91 Å². The lowest BCUT2D eigenvalue weighted by Gasteiger charge is -2.42. The third-order valence-electron chi connectivity index (χ3n) is 4.43. The van der Waals surface area contributed by atoms with E-state index in [0.29, 0.717) is 5.56 Å². The van der Waals surface area contributed by atoms with Crippen LogP contribution >= 0.6 is 22.9 Å². The van der Waals surface area contributed by atoms with Crippen molar-refractivity contribution in [1.29, 1.82) is 0 Å². The van der Waals surface area contributed by atoms with Crippen LogP contribution in [0.2, 0.25) is 0 Å². The summed E-state index contributed by atoms with van der Waals surface area (Å²) in [5.41, 5.74) is 0.413. The Morgan fingerprint density at radius 3 is 2.68 bits per heavy atom. The van der Waals surface area contributed by atoms with E-state index in [1.807, 2.05) is 0 Å². The number of hydrogen-bond donors (Lipinski definition) is 3. The van der Waals surface area contributed by atoms with Gasteiger partial charge in [-0.3, -0.25) is 18.9 Å². The van der Waals surface area contributed by atoms with E-state index in [0.717, 1.165) is 11.3 Å². The van der Waals surface area contributed by atoms with Gasteiger partial charge in [0.25, 0.3) is 11.8 Å². The molecule has 1 aliphatic heterocycles. The van der Waals surface area contributed by atoms with Crippen molar-refractivity contribution in [1.82, 2.24) is 14.6 Å². The number of anilines is 1. The molecular weight excluding hydrogens is 510 g/mol. The van der Waals surface area contributed by atoms with Gasteiger partial charge in [0.15, 0.2) is 10.8 Å². The largest absolute Gasteiger partial charge is 0.398 e. The third-order valence-corrected chi connectivity index (χ3v) is 6.35. The first-order valence-corrected chi connectivity index (χ1v) is 12.2. The lowest BCUT2D eigenvalue weighted by molar-refractivity contribution is -0.142. The number of halogens is 1. The zero-order valence-corrected chi connectivity index (χ0v) is 19.8. The zero-order valence-electron chi connectivity index (χ0n) is 17.4. The molecule has 180 valence electrons. The standard InChI is InChI=1S/C19H18ClN5O7S2/c1-32-24-15(12-10-33-19(21-12)22-14(26)9-20)17(27)23-16-13(25(18(16)28)34(29,30)31)8-7-11-5-3-2-4-6-11/h2-8,10,13,16H,9H2,1H3,(H,23,27)(H,21,22,26)(H,29,30,31)/b8-7+,24-15?/t13-,16+/m1/s1. The van der Waals surface area contributed by atoms with Crippen LogP contribution in [-0.2, 0) is 29.5 Å². The second kappa shape index (κ2) is 10.7. The summed E-state index contributed by atoms with van der Waals surface area (Å²) in [6.45, 7) is 0. The van der Waals surface area contributed by atoms with E-state index >= 15 is 0 Å². The summed E-state index contributed by atoms with van der Waals surface area (Å²) in [5.74, 6) is -2.73. The molecule has 1 aromatic heterocycles. The van der Waals surface area contributed by atoms with E-state index < -0.39 is 40.1 Å². The number of carbonyl (C=O) groups excluding carboxylic acids is 3. The Hall–Kier alpha value is -3.33. The van der Waals surface area contributed by atoms with E-state index in [1.165, 1.54) is 18.6 Å². The summed E-state index contributed by atoms with van der Waals surface area (Å²) in [7, 11) is -3.68. The molecular formula is C19H18ClN5O7S2. The maximum absolute atomic E-state index is 12.9. The number of thiazole rings is 1. The number of aromatic nitrogens is 1. The lowest BCUT2D eigenvalue weighted by atomic mass is 9.97. The van der Waals surface area contributed by atoms with Crippen LogP contribution in [0.25, 0.3) is 6.08 Å². The number of nitrogens with one attached hydrogen (secondary N) is 2. The van der Waals surface area contributed by atoms with E-state index in [-0.39, 0.29) is 26.7 Å². The lowest BCUT2D eigenvalue weighted by Crippen LogP contribution is -2.71. The maximum Gasteiger partial charge on any atom is 0.362 e. The average molecular weight is 528 g/mol. The molecule has 0 unspecified atom stereocenters. The normalized spacial score (nSPS) is 18.5. The highest BCUT2D eigenvalue weighted by molar-refractivity contribution is 7.84. The second-order valence-corrected chi connectivity index (χ2v) is 9.08. The molecule has 1 aliphatic rings. The van der Waals surface area contributed by atoms with Gasteiger partial charge >= 0.3 is 10.3 Å². The van der Waals surface area contributed by atoms with Crippen LogP contribution in [0.4, 0.5) is 5.13 Å². The number of amides is 3. The Balaban J connectivity index is 1.82. The van der Waals surface area contributed by atoms with Gasteiger partial charge in [-0.25, -0.2) is 9.29 Å². The summed E-state index contributed by atoms with van der Waals surface area (Å²) in [5, 5.41) is 10.0. The Labute approximate surface area is 203 Å². The van der Waals surface area contributed by atoms with E-state index in [4.69, 9.17) is 16.4 Å². The first-order valence-electron chi connectivity index (χ1n) is 9.43. The van der Waals surface area contributed by atoms with Crippen LogP contribution in [0.5, 0.6) is 0 Å². The number of β-lactam (4-membered cyclic amide) rings is 1. The highest BCUT2D eigenvalue weighted by Crippen LogP contribution is 2.26. The van der Waals surface area contributed by atoms with Crippen LogP contribution in [-0.4, -0.2) is 70.8 Å². The predicted molar refractivity (Wildman–Crippen MR) is 125 cm³/mol. The summed E-state index contributed by atoms with van der Waals surface area (Å²) in [6.07, 6.45) is 2.91. The van der Waals surface area contributed by atoms with E-state index in [1.54, 1.807) is 36.4 Å². The summed E-state index contributed by atoms with van der Waals surface area (Å²) < 4.78 is 33.0. The fourth-order valence-electron chi connectivity index (χ4n) is 2.96. The second-order valence-electron chi connectivity index (χ2n) is 6.67. The van der Waals surface area contributed by atoms with Crippen molar-refractivity contribution in [2.75, 3.05) is 18.3 Å². The molecule has 15 heteroatoms. The molecule has 34 heavy (non-hydrogen) atoms. The first kappa shape index (κ1) is 25.3. The minimum absolute atomic E-state index is 0.0315. The van der Waals surface area contributed by atoms with Crippen LogP contribution in [0, 0.1) is 0 Å². The molecule has 3 N–H and O–H groups in total. The van der Waals surface area contributed by atoms with Gasteiger partial charge in [-0.15, -0.1) is 22.9 Å². The van der Waals surface area contributed by atoms with E-state index in [2.05, 4.69) is 20.8 Å². The Morgan fingerprint density at radius 2 is 2.06 bits per heavy atom. The van der Waals surface area contributed by atoms with Gasteiger partial charge in [0, 0.05) is 5.38 Å².